The lowest BCUT2D eigenvalue weighted by Crippen LogP contribution is -2.29. The summed E-state index contributed by atoms with van der Waals surface area (Å²) in [7, 11) is 0. The number of phenols is 1. The van der Waals surface area contributed by atoms with Crippen molar-refractivity contribution in [1.29, 1.82) is 0 Å². The lowest BCUT2D eigenvalue weighted by Gasteiger charge is -2.26. The molecule has 0 aromatic heterocycles. The second-order valence-electron chi connectivity index (χ2n) is 4.90. The summed E-state index contributed by atoms with van der Waals surface area (Å²) in [6.07, 6.45) is 3.70. The van der Waals surface area contributed by atoms with Gasteiger partial charge >= 0.3 is 5.97 Å². The van der Waals surface area contributed by atoms with Crippen LogP contribution < -0.4 is 0 Å². The van der Waals surface area contributed by atoms with Crippen molar-refractivity contribution in [2.24, 2.45) is 0 Å². The highest BCUT2D eigenvalue weighted by Gasteiger charge is 2.15. The van der Waals surface area contributed by atoms with Crippen LogP contribution in [0.3, 0.4) is 0 Å². The van der Waals surface area contributed by atoms with Crippen molar-refractivity contribution >= 4 is 5.97 Å². The van der Waals surface area contributed by atoms with Crippen LogP contribution in [-0.4, -0.2) is 35.7 Å². The first kappa shape index (κ1) is 13.9. The van der Waals surface area contributed by atoms with E-state index in [4.69, 9.17) is 4.74 Å². The predicted octanol–water partition coefficient (Wildman–Crippen LogP) is 2.55. The molecular weight excluding hydrogens is 242 g/mol. The van der Waals surface area contributed by atoms with Crippen LogP contribution in [0.1, 0.15) is 42.1 Å². The maximum Gasteiger partial charge on any atom is 0.338 e. The zero-order valence-electron chi connectivity index (χ0n) is 11.4. The van der Waals surface area contributed by atoms with Crippen molar-refractivity contribution in [3.05, 3.63) is 29.3 Å². The lowest BCUT2D eigenvalue weighted by molar-refractivity contribution is 0.0526. The van der Waals surface area contributed by atoms with Gasteiger partial charge in [0.1, 0.15) is 5.75 Å². The van der Waals surface area contributed by atoms with Gasteiger partial charge in [-0.3, -0.25) is 4.90 Å². The molecule has 4 heteroatoms. The molecule has 0 unspecified atom stereocenters. The minimum Gasteiger partial charge on any atom is -0.508 e. The van der Waals surface area contributed by atoms with E-state index in [1.54, 1.807) is 25.1 Å². The van der Waals surface area contributed by atoms with Crippen molar-refractivity contribution in [1.82, 2.24) is 4.90 Å². The van der Waals surface area contributed by atoms with Crippen molar-refractivity contribution in [3.8, 4) is 5.75 Å². The van der Waals surface area contributed by atoms with Gasteiger partial charge in [0.25, 0.3) is 0 Å². The monoisotopic (exact) mass is 263 g/mol. The molecule has 0 radical (unpaired) electrons. The Morgan fingerprint density at radius 2 is 2.05 bits per heavy atom. The van der Waals surface area contributed by atoms with Crippen molar-refractivity contribution in [2.75, 3.05) is 19.7 Å². The van der Waals surface area contributed by atoms with Crippen LogP contribution in [0.4, 0.5) is 0 Å². The molecule has 104 valence electrons. The molecule has 0 amide bonds. The number of likely N-dealkylation sites (tertiary alicyclic amines) is 1. The Balaban J connectivity index is 2.10. The number of aromatic hydroxyl groups is 1. The van der Waals surface area contributed by atoms with E-state index >= 15 is 0 Å². The zero-order chi connectivity index (χ0) is 13.7. The van der Waals surface area contributed by atoms with Gasteiger partial charge in [-0.1, -0.05) is 6.42 Å². The second kappa shape index (κ2) is 6.57. The summed E-state index contributed by atoms with van der Waals surface area (Å²) in [5.41, 5.74) is 1.30. The first-order valence-corrected chi connectivity index (χ1v) is 6.92. The van der Waals surface area contributed by atoms with E-state index < -0.39 is 0 Å². The number of piperidine rings is 1. The first-order valence-electron chi connectivity index (χ1n) is 6.92. The highest BCUT2D eigenvalue weighted by atomic mass is 16.5. The van der Waals surface area contributed by atoms with E-state index in [0.29, 0.717) is 18.7 Å². The maximum absolute atomic E-state index is 11.7. The van der Waals surface area contributed by atoms with Crippen LogP contribution in [0.15, 0.2) is 18.2 Å². The minimum atomic E-state index is -0.331. The Labute approximate surface area is 114 Å². The summed E-state index contributed by atoms with van der Waals surface area (Å²) in [4.78, 5) is 14.0. The Morgan fingerprint density at radius 1 is 1.32 bits per heavy atom. The molecule has 0 saturated carbocycles. The SMILES string of the molecule is CCOC(=O)c1ccc(O)c(CN2CCCCC2)c1. The number of esters is 1. The van der Waals surface area contributed by atoms with Crippen molar-refractivity contribution in [2.45, 2.75) is 32.7 Å². The van der Waals surface area contributed by atoms with Gasteiger partial charge in [0.2, 0.25) is 0 Å². The summed E-state index contributed by atoms with van der Waals surface area (Å²) in [6, 6.07) is 4.92. The molecule has 19 heavy (non-hydrogen) atoms. The molecule has 0 bridgehead atoms. The van der Waals surface area contributed by atoms with E-state index in [9.17, 15) is 9.90 Å². The summed E-state index contributed by atoms with van der Waals surface area (Å²) >= 11 is 0. The highest BCUT2D eigenvalue weighted by molar-refractivity contribution is 5.89. The fraction of sp³-hybridized carbons (Fsp3) is 0.533. The van der Waals surface area contributed by atoms with Gasteiger partial charge in [-0.05, 0) is 51.1 Å². The Bertz CT molecular complexity index is 439. The van der Waals surface area contributed by atoms with Gasteiger partial charge in [0.15, 0.2) is 0 Å². The van der Waals surface area contributed by atoms with Crippen molar-refractivity contribution < 1.29 is 14.6 Å². The molecule has 1 N–H and O–H groups in total. The average molecular weight is 263 g/mol. The molecule has 1 fully saturated rings. The molecule has 4 nitrogen and oxygen atoms in total. The second-order valence-corrected chi connectivity index (χ2v) is 4.90. The molecule has 2 rings (SSSR count). The van der Waals surface area contributed by atoms with Gasteiger partial charge in [0, 0.05) is 12.1 Å². The van der Waals surface area contributed by atoms with Crippen LogP contribution in [0.2, 0.25) is 0 Å². The molecule has 1 aromatic rings. The van der Waals surface area contributed by atoms with E-state index in [0.717, 1.165) is 18.7 Å². The molecule has 1 aliphatic rings. The molecule has 0 aliphatic carbocycles. The summed E-state index contributed by atoms with van der Waals surface area (Å²) in [5, 5.41) is 9.90. The number of hydrogen-bond donors (Lipinski definition) is 1. The topological polar surface area (TPSA) is 49.8 Å². The van der Waals surface area contributed by atoms with Crippen LogP contribution in [0.5, 0.6) is 5.75 Å². The third-order valence-electron chi connectivity index (χ3n) is 3.43. The number of hydrogen-bond acceptors (Lipinski definition) is 4. The number of benzene rings is 1. The van der Waals surface area contributed by atoms with Crippen molar-refractivity contribution in [3.63, 3.8) is 0 Å². The smallest absolute Gasteiger partial charge is 0.338 e. The number of ether oxygens (including phenoxy) is 1. The number of carbonyl (C=O) groups excluding carboxylic acids is 1. The average Bonchev–Trinajstić information content (AvgIpc) is 2.42. The van der Waals surface area contributed by atoms with Crippen LogP contribution >= 0.6 is 0 Å². The van der Waals surface area contributed by atoms with Gasteiger partial charge in [-0.15, -0.1) is 0 Å². The fourth-order valence-electron chi connectivity index (χ4n) is 2.41. The van der Waals surface area contributed by atoms with Gasteiger partial charge in [-0.25, -0.2) is 4.79 Å². The van der Waals surface area contributed by atoms with E-state index in [-0.39, 0.29) is 11.7 Å². The molecule has 1 aliphatic heterocycles. The molecule has 1 saturated heterocycles. The first-order chi connectivity index (χ1) is 9.20. The maximum atomic E-state index is 11.7. The van der Waals surface area contributed by atoms with Crippen LogP contribution in [0, 0.1) is 0 Å². The van der Waals surface area contributed by atoms with Crippen LogP contribution in [-0.2, 0) is 11.3 Å². The minimum absolute atomic E-state index is 0.249. The standard InChI is InChI=1S/C15H21NO3/c1-2-19-15(18)12-6-7-14(17)13(10-12)11-16-8-4-3-5-9-16/h6-7,10,17H,2-5,8-9,11H2,1H3. The molecule has 0 atom stereocenters. The normalized spacial score (nSPS) is 16.3. The number of phenolic OH excluding ortho intramolecular Hbond substituents is 1. The Kier molecular flexibility index (Phi) is 4.80. The molecule has 0 spiro atoms. The van der Waals surface area contributed by atoms with Gasteiger partial charge < -0.3 is 9.84 Å². The fourth-order valence-corrected chi connectivity index (χ4v) is 2.41. The summed E-state index contributed by atoms with van der Waals surface area (Å²) in [6.45, 7) is 4.96. The van der Waals surface area contributed by atoms with E-state index in [2.05, 4.69) is 4.90 Å². The lowest BCUT2D eigenvalue weighted by atomic mass is 10.1. The van der Waals surface area contributed by atoms with Gasteiger partial charge in [0.05, 0.1) is 12.2 Å². The third-order valence-corrected chi connectivity index (χ3v) is 3.43. The molecule has 1 heterocycles. The Morgan fingerprint density at radius 3 is 2.74 bits per heavy atom. The number of carbonyl (C=O) groups is 1. The number of nitrogens with zero attached hydrogens (tertiary/aromatic N) is 1. The van der Waals surface area contributed by atoms with Crippen LogP contribution in [0.25, 0.3) is 0 Å². The Hall–Kier alpha value is -1.55. The largest absolute Gasteiger partial charge is 0.508 e. The van der Waals surface area contributed by atoms with Gasteiger partial charge in [-0.2, -0.15) is 0 Å². The predicted molar refractivity (Wildman–Crippen MR) is 73.2 cm³/mol. The highest BCUT2D eigenvalue weighted by Crippen LogP contribution is 2.22. The quantitative estimate of drug-likeness (QED) is 0.848. The number of rotatable bonds is 4. The summed E-state index contributed by atoms with van der Waals surface area (Å²) < 4.78 is 4.98. The third kappa shape index (κ3) is 3.70. The van der Waals surface area contributed by atoms with E-state index in [1.165, 1.54) is 19.3 Å². The van der Waals surface area contributed by atoms with E-state index in [1.807, 2.05) is 0 Å². The summed E-state index contributed by atoms with van der Waals surface area (Å²) in [5.74, 6) is -0.0824. The molecular formula is C15H21NO3. The zero-order valence-corrected chi connectivity index (χ0v) is 11.4. The molecule has 1 aromatic carbocycles.